The first kappa shape index (κ1) is 29.1. The summed E-state index contributed by atoms with van der Waals surface area (Å²) in [5, 5.41) is 2.12. The number of imidazole rings is 1. The Balaban J connectivity index is 1.14. The molecule has 0 spiro atoms. The lowest BCUT2D eigenvalue weighted by Crippen LogP contribution is -2.03. The number of nitrogens with zero attached hydrogens (tertiary/aromatic N) is 7. The van der Waals surface area contributed by atoms with Gasteiger partial charge in [-0.1, -0.05) is 103 Å². The maximum absolute atomic E-state index is 6.21. The first-order valence-electron chi connectivity index (χ1n) is 16.5. The molecule has 51 heavy (non-hydrogen) atoms. The smallest absolute Gasteiger partial charge is 0.223 e. The third-order valence-electron chi connectivity index (χ3n) is 9.06. The molecule has 9 heteroatoms. The van der Waals surface area contributed by atoms with Gasteiger partial charge in [0.2, 0.25) is 10.5 Å². The van der Waals surface area contributed by atoms with E-state index >= 15 is 0 Å². The van der Waals surface area contributed by atoms with E-state index in [1.54, 1.807) is 0 Å². The summed E-state index contributed by atoms with van der Waals surface area (Å²) < 4.78 is 10.7. The van der Waals surface area contributed by atoms with E-state index in [1.165, 1.54) is 0 Å². The van der Waals surface area contributed by atoms with E-state index < -0.39 is 0 Å². The Morgan fingerprint density at radius 2 is 1.00 bits per heavy atom. The number of furan rings is 1. The first-order valence-corrected chi connectivity index (χ1v) is 16.9. The van der Waals surface area contributed by atoms with Crippen molar-refractivity contribution in [1.82, 2.24) is 33.9 Å². The zero-order valence-corrected chi connectivity index (χ0v) is 27.7. The summed E-state index contributed by atoms with van der Waals surface area (Å²) in [4.78, 5) is 24.9. The lowest BCUT2D eigenvalue weighted by Gasteiger charge is -2.10. The first-order chi connectivity index (χ1) is 25.2. The fourth-order valence-electron chi connectivity index (χ4n) is 6.68. The predicted octanol–water partition coefficient (Wildman–Crippen LogP) is 10.2. The fraction of sp³-hybridized carbons (Fsp3) is 0. The van der Waals surface area contributed by atoms with Crippen molar-refractivity contribution >= 4 is 51.0 Å². The van der Waals surface area contributed by atoms with Crippen molar-refractivity contribution in [2.45, 2.75) is 0 Å². The lowest BCUT2D eigenvalue weighted by molar-refractivity contribution is 0.669. The molecule has 8 nitrogen and oxygen atoms in total. The third-order valence-corrected chi connectivity index (χ3v) is 9.33. The number of aromatic nitrogens is 7. The van der Waals surface area contributed by atoms with Crippen LogP contribution in [0.25, 0.3) is 90.0 Å². The topological polar surface area (TPSA) is 86.9 Å². The summed E-state index contributed by atoms with van der Waals surface area (Å²) in [6.07, 6.45) is 0. The SMILES string of the molecule is S=c1nc(-c2cccc(-c3nc(-c4ccccc4)nc(-c4ccc5c(c4)oc4ccccc45)n3)c2)nc2n(-c3ccccc3)c3ccccc3n12. The van der Waals surface area contributed by atoms with Gasteiger partial charge in [0.15, 0.2) is 23.3 Å². The fourth-order valence-corrected chi connectivity index (χ4v) is 6.95. The minimum Gasteiger partial charge on any atom is -0.456 e. The van der Waals surface area contributed by atoms with Crippen LogP contribution in [0.5, 0.6) is 0 Å². The zero-order valence-electron chi connectivity index (χ0n) is 26.9. The van der Waals surface area contributed by atoms with Crippen LogP contribution in [0.1, 0.15) is 0 Å². The van der Waals surface area contributed by atoms with Gasteiger partial charge in [-0.05, 0) is 60.7 Å². The summed E-state index contributed by atoms with van der Waals surface area (Å²) in [7, 11) is 0. The highest BCUT2D eigenvalue weighted by Crippen LogP contribution is 2.33. The molecular formula is C42H25N7OS. The average molecular weight is 676 g/mol. The van der Waals surface area contributed by atoms with E-state index in [0.29, 0.717) is 33.8 Å². The molecule has 0 amide bonds. The molecule has 0 N–H and O–H groups in total. The number of hydrogen-bond donors (Lipinski definition) is 0. The maximum atomic E-state index is 6.21. The normalized spacial score (nSPS) is 11.6. The van der Waals surface area contributed by atoms with Crippen molar-refractivity contribution in [2.75, 3.05) is 0 Å². The van der Waals surface area contributed by atoms with Gasteiger partial charge >= 0.3 is 0 Å². The average Bonchev–Trinajstić information content (AvgIpc) is 3.74. The molecule has 6 aromatic carbocycles. The van der Waals surface area contributed by atoms with Gasteiger partial charge in [0.25, 0.3) is 0 Å². The van der Waals surface area contributed by atoms with Crippen LogP contribution < -0.4 is 0 Å². The van der Waals surface area contributed by atoms with E-state index in [4.69, 9.17) is 41.6 Å². The number of fused-ring (bicyclic) bond motifs is 6. The molecule has 0 saturated carbocycles. The van der Waals surface area contributed by atoms with Crippen LogP contribution in [0.15, 0.2) is 156 Å². The van der Waals surface area contributed by atoms with Crippen molar-refractivity contribution < 1.29 is 4.42 Å². The Kier molecular flexibility index (Phi) is 6.65. The predicted molar refractivity (Wildman–Crippen MR) is 203 cm³/mol. The Hall–Kier alpha value is -6.84. The van der Waals surface area contributed by atoms with Crippen molar-refractivity contribution in [3.8, 4) is 51.2 Å². The van der Waals surface area contributed by atoms with Crippen LogP contribution in [0.3, 0.4) is 0 Å². The molecule has 10 rings (SSSR count). The molecule has 0 aliphatic carbocycles. The van der Waals surface area contributed by atoms with Crippen LogP contribution in [-0.4, -0.2) is 33.9 Å². The van der Waals surface area contributed by atoms with Gasteiger partial charge in [0.05, 0.1) is 11.0 Å². The minimum atomic E-state index is 0.418. The van der Waals surface area contributed by atoms with E-state index in [2.05, 4.69) is 34.9 Å². The molecule has 4 heterocycles. The molecule has 240 valence electrons. The van der Waals surface area contributed by atoms with E-state index in [0.717, 1.165) is 60.9 Å². The van der Waals surface area contributed by atoms with Gasteiger partial charge in [-0.25, -0.2) is 15.0 Å². The molecule has 0 fully saturated rings. The number of benzene rings is 6. The highest BCUT2D eigenvalue weighted by atomic mass is 32.1. The molecule has 0 atom stereocenters. The zero-order chi connectivity index (χ0) is 33.9. The Labute approximate surface area is 296 Å². The van der Waals surface area contributed by atoms with E-state index in [1.807, 2.05) is 126 Å². The van der Waals surface area contributed by atoms with Gasteiger partial charge in [-0.2, -0.15) is 9.97 Å². The monoisotopic (exact) mass is 675 g/mol. The highest BCUT2D eigenvalue weighted by molar-refractivity contribution is 7.71. The summed E-state index contributed by atoms with van der Waals surface area (Å²) >= 11 is 5.91. The summed E-state index contributed by atoms with van der Waals surface area (Å²) in [6.45, 7) is 0. The van der Waals surface area contributed by atoms with E-state index in [-0.39, 0.29) is 0 Å². The summed E-state index contributed by atoms with van der Waals surface area (Å²) in [5.74, 6) is 2.83. The van der Waals surface area contributed by atoms with Gasteiger partial charge in [-0.3, -0.25) is 8.97 Å². The quantitative estimate of drug-likeness (QED) is 0.168. The molecule has 4 aromatic heterocycles. The standard InChI is InChI=1S/C42H25N7OS/c51-42-47-40(46-41-48(30-16-5-2-6-17-30)33-19-8-9-20-34(33)49(41)42)28-15-11-14-27(24-28)38-43-37(26-12-3-1-4-13-26)44-39(45-38)29-22-23-32-31-18-7-10-21-35(31)50-36(32)25-29/h1-25H. The van der Waals surface area contributed by atoms with Crippen LogP contribution in [0.4, 0.5) is 0 Å². The largest absolute Gasteiger partial charge is 0.456 e. The van der Waals surface area contributed by atoms with Crippen LogP contribution >= 0.6 is 12.2 Å². The van der Waals surface area contributed by atoms with Gasteiger partial charge < -0.3 is 4.42 Å². The maximum Gasteiger partial charge on any atom is 0.223 e. The van der Waals surface area contributed by atoms with Gasteiger partial charge in [0.1, 0.15) is 11.2 Å². The highest BCUT2D eigenvalue weighted by Gasteiger charge is 2.18. The van der Waals surface area contributed by atoms with Gasteiger partial charge in [0, 0.05) is 38.7 Å². The Morgan fingerprint density at radius 3 is 1.76 bits per heavy atom. The molecule has 0 saturated heterocycles. The number of rotatable bonds is 5. The van der Waals surface area contributed by atoms with Crippen molar-refractivity contribution in [3.05, 3.63) is 156 Å². The molecule has 0 aliphatic rings. The second-order valence-corrected chi connectivity index (χ2v) is 12.6. The van der Waals surface area contributed by atoms with Crippen molar-refractivity contribution in [2.24, 2.45) is 0 Å². The molecule has 10 aromatic rings. The number of para-hydroxylation sites is 4. The van der Waals surface area contributed by atoms with Crippen molar-refractivity contribution in [3.63, 3.8) is 0 Å². The molecule has 0 aliphatic heterocycles. The minimum absolute atomic E-state index is 0.418. The van der Waals surface area contributed by atoms with Crippen molar-refractivity contribution in [1.29, 1.82) is 0 Å². The number of hydrogen-bond acceptors (Lipinski definition) is 7. The molecule has 0 unspecified atom stereocenters. The van der Waals surface area contributed by atoms with Crippen LogP contribution in [0, 0.1) is 4.77 Å². The summed E-state index contributed by atoms with van der Waals surface area (Å²) in [5.41, 5.74) is 7.82. The van der Waals surface area contributed by atoms with E-state index in [9.17, 15) is 0 Å². The molecular weight excluding hydrogens is 651 g/mol. The lowest BCUT2D eigenvalue weighted by atomic mass is 10.1. The third kappa shape index (κ3) is 4.90. The Bertz CT molecular complexity index is 3000. The Morgan fingerprint density at radius 1 is 0.431 bits per heavy atom. The second-order valence-electron chi connectivity index (χ2n) is 12.2. The summed E-state index contributed by atoms with van der Waals surface area (Å²) in [6, 6.07) is 50.3. The molecule has 0 radical (unpaired) electrons. The van der Waals surface area contributed by atoms with Gasteiger partial charge in [-0.15, -0.1) is 0 Å². The van der Waals surface area contributed by atoms with Crippen LogP contribution in [-0.2, 0) is 0 Å². The molecule has 0 bridgehead atoms. The van der Waals surface area contributed by atoms with Crippen LogP contribution in [0.2, 0.25) is 0 Å². The second kappa shape index (κ2) is 11.6.